The number of nitrogens with zero attached hydrogens (tertiary/aromatic N) is 4. The van der Waals surface area contributed by atoms with Gasteiger partial charge in [-0.1, -0.05) is 23.8 Å². The lowest BCUT2D eigenvalue weighted by atomic mass is 10.1. The topological polar surface area (TPSA) is 85.4 Å². The molecule has 0 radical (unpaired) electrons. The summed E-state index contributed by atoms with van der Waals surface area (Å²) in [5.41, 5.74) is 7.94. The Morgan fingerprint density at radius 3 is 2.78 bits per heavy atom. The van der Waals surface area contributed by atoms with E-state index in [9.17, 15) is 4.39 Å². The molecule has 4 rings (SSSR count). The lowest BCUT2D eigenvalue weighted by molar-refractivity contribution is 0.559. The highest BCUT2D eigenvalue weighted by molar-refractivity contribution is 6.35. The molecule has 136 valence electrons. The van der Waals surface area contributed by atoms with Crippen LogP contribution in [0.25, 0.3) is 33.5 Å². The van der Waals surface area contributed by atoms with Crippen LogP contribution in [0, 0.1) is 5.82 Å². The highest BCUT2D eigenvalue weighted by Gasteiger charge is 2.20. The molecule has 8 heteroatoms. The van der Waals surface area contributed by atoms with E-state index in [4.69, 9.17) is 17.3 Å². The number of fused-ring (bicyclic) bond motifs is 2. The summed E-state index contributed by atoms with van der Waals surface area (Å²) in [7, 11) is 0. The van der Waals surface area contributed by atoms with Crippen molar-refractivity contribution in [2.75, 3.05) is 0 Å². The van der Waals surface area contributed by atoms with Crippen LogP contribution in [0.15, 0.2) is 56.2 Å². The Labute approximate surface area is 159 Å². The third kappa shape index (κ3) is 2.81. The minimum atomic E-state index is -0.431. The molecule has 0 aliphatic rings. The Bertz CT molecular complexity index is 1180. The van der Waals surface area contributed by atoms with E-state index in [1.165, 1.54) is 6.07 Å². The van der Waals surface area contributed by atoms with Crippen molar-refractivity contribution in [2.24, 2.45) is 5.73 Å². The summed E-state index contributed by atoms with van der Waals surface area (Å²) in [6.45, 7) is 7.60. The van der Waals surface area contributed by atoms with Crippen LogP contribution in [0.1, 0.15) is 6.04 Å². The fourth-order valence-corrected chi connectivity index (χ4v) is 3.34. The smallest absolute Gasteiger partial charge is 0.163 e. The van der Waals surface area contributed by atoms with Crippen molar-refractivity contribution in [2.45, 2.75) is 12.1 Å². The van der Waals surface area contributed by atoms with Gasteiger partial charge in [-0.2, -0.15) is 0 Å². The van der Waals surface area contributed by atoms with Gasteiger partial charge in [0.25, 0.3) is 0 Å². The maximum Gasteiger partial charge on any atom is 0.163 e. The molecule has 4 aromatic heterocycles. The fraction of sp³-hybridized carbons (Fsp3) is 0.105. The zero-order chi connectivity index (χ0) is 19.1. The second kappa shape index (κ2) is 6.61. The lowest BCUT2D eigenvalue weighted by Crippen LogP contribution is -2.28. The number of hydrogen-bond donors (Lipinski definition) is 2. The molecule has 0 aromatic carbocycles. The van der Waals surface area contributed by atoms with Crippen molar-refractivity contribution in [3.8, 4) is 11.4 Å². The zero-order valence-electron chi connectivity index (χ0n) is 14.2. The molecule has 0 aliphatic carbocycles. The van der Waals surface area contributed by atoms with Gasteiger partial charge in [-0.25, -0.2) is 19.3 Å². The van der Waals surface area contributed by atoms with Crippen LogP contribution in [-0.2, 0) is 0 Å². The van der Waals surface area contributed by atoms with E-state index >= 15 is 0 Å². The molecule has 27 heavy (non-hydrogen) atoms. The largest absolute Gasteiger partial charge is 0.345 e. The van der Waals surface area contributed by atoms with E-state index < -0.39 is 5.82 Å². The van der Waals surface area contributed by atoms with Crippen LogP contribution in [0.5, 0.6) is 0 Å². The van der Waals surface area contributed by atoms with Crippen molar-refractivity contribution in [3.05, 3.63) is 67.0 Å². The summed E-state index contributed by atoms with van der Waals surface area (Å²) in [5, 5.41) is 1.79. The van der Waals surface area contributed by atoms with Gasteiger partial charge in [-0.3, -0.25) is 0 Å². The van der Waals surface area contributed by atoms with Crippen LogP contribution in [0.3, 0.4) is 0 Å². The highest BCUT2D eigenvalue weighted by atomic mass is 35.5. The molecule has 4 heterocycles. The average Bonchev–Trinajstić information content (AvgIpc) is 3.23. The van der Waals surface area contributed by atoms with E-state index in [0.717, 1.165) is 6.20 Å². The molecule has 3 N–H and O–H groups in total. The number of halogens is 2. The van der Waals surface area contributed by atoms with E-state index in [-0.39, 0.29) is 12.1 Å². The third-order valence-electron chi connectivity index (χ3n) is 4.49. The summed E-state index contributed by atoms with van der Waals surface area (Å²) < 4.78 is 15.5. The monoisotopic (exact) mass is 382 g/mol. The molecule has 4 aromatic rings. The van der Waals surface area contributed by atoms with Gasteiger partial charge >= 0.3 is 0 Å². The lowest BCUT2D eigenvalue weighted by Gasteiger charge is -2.20. The summed E-state index contributed by atoms with van der Waals surface area (Å²) in [4.78, 5) is 16.1. The molecular formula is C19H16ClFN6. The number of nitrogens with two attached hydrogens (primary N) is 1. The van der Waals surface area contributed by atoms with Gasteiger partial charge in [0.1, 0.15) is 17.1 Å². The Hall–Kier alpha value is -3.03. The highest BCUT2D eigenvalue weighted by Crippen LogP contribution is 2.31. The van der Waals surface area contributed by atoms with Crippen LogP contribution in [0.2, 0.25) is 5.02 Å². The zero-order valence-corrected chi connectivity index (χ0v) is 15.0. The van der Waals surface area contributed by atoms with E-state index in [0.29, 0.717) is 38.5 Å². The maximum atomic E-state index is 13.6. The van der Waals surface area contributed by atoms with E-state index in [1.807, 2.05) is 4.57 Å². The van der Waals surface area contributed by atoms with Crippen molar-refractivity contribution >= 4 is 33.7 Å². The molecule has 2 atom stereocenters. The first-order valence-corrected chi connectivity index (χ1v) is 8.58. The number of rotatable bonds is 5. The summed E-state index contributed by atoms with van der Waals surface area (Å²) in [6, 6.07) is 0.759. The second-order valence-corrected chi connectivity index (χ2v) is 6.51. The molecule has 0 unspecified atom stereocenters. The maximum absolute atomic E-state index is 13.6. The van der Waals surface area contributed by atoms with Crippen molar-refractivity contribution in [3.63, 3.8) is 0 Å². The molecule has 0 aliphatic heterocycles. The van der Waals surface area contributed by atoms with Gasteiger partial charge < -0.3 is 15.3 Å². The standard InChI is InChI=1S/C19H16ClFN6/c1-3-15(22)16(4-2)27-9-14(20)13-8-25-18(26-19(13)27)12-7-24-17-11(12)5-10(21)6-23-17/h3-9,15-16H,1-2,22H2,(H,23,24)/t15-,16-/m0/s1. The van der Waals surface area contributed by atoms with Crippen molar-refractivity contribution < 1.29 is 4.39 Å². The summed E-state index contributed by atoms with van der Waals surface area (Å²) in [6.07, 6.45) is 9.60. The minimum absolute atomic E-state index is 0.276. The fourth-order valence-electron chi connectivity index (χ4n) is 3.11. The van der Waals surface area contributed by atoms with Crippen molar-refractivity contribution in [1.82, 2.24) is 24.5 Å². The van der Waals surface area contributed by atoms with Gasteiger partial charge in [0.15, 0.2) is 5.82 Å². The quantitative estimate of drug-likeness (QED) is 0.511. The molecule has 0 amide bonds. The van der Waals surface area contributed by atoms with Crippen LogP contribution in [0.4, 0.5) is 4.39 Å². The number of pyridine rings is 1. The molecule has 0 spiro atoms. The SMILES string of the molecule is C=C[C@H](N)[C@H](C=C)n1cc(Cl)c2cnc(-c3c[nH]c4ncc(F)cc34)nc21. The van der Waals surface area contributed by atoms with E-state index in [1.54, 1.807) is 30.7 Å². The molecule has 0 saturated heterocycles. The number of H-pyrrole nitrogens is 1. The summed E-state index contributed by atoms with van der Waals surface area (Å²) >= 11 is 6.35. The average molecular weight is 383 g/mol. The van der Waals surface area contributed by atoms with Gasteiger partial charge in [-0.05, 0) is 6.07 Å². The van der Waals surface area contributed by atoms with Gasteiger partial charge in [0.2, 0.25) is 0 Å². The molecule has 0 saturated carbocycles. The van der Waals surface area contributed by atoms with E-state index in [2.05, 4.69) is 33.1 Å². The predicted octanol–water partition coefficient (Wildman–Crippen LogP) is 4.01. The predicted molar refractivity (Wildman–Crippen MR) is 105 cm³/mol. The number of aromatic amines is 1. The number of aromatic nitrogens is 5. The number of nitrogens with one attached hydrogen (secondary N) is 1. The first-order chi connectivity index (χ1) is 13.0. The molecular weight excluding hydrogens is 367 g/mol. The van der Waals surface area contributed by atoms with Crippen LogP contribution < -0.4 is 5.73 Å². The van der Waals surface area contributed by atoms with Crippen LogP contribution in [-0.4, -0.2) is 30.5 Å². The Balaban J connectivity index is 1.93. The Kier molecular flexibility index (Phi) is 4.25. The number of hydrogen-bond acceptors (Lipinski definition) is 4. The normalized spacial score (nSPS) is 13.7. The Morgan fingerprint density at radius 2 is 2.04 bits per heavy atom. The Morgan fingerprint density at radius 1 is 1.22 bits per heavy atom. The first kappa shape index (κ1) is 17.4. The summed E-state index contributed by atoms with van der Waals surface area (Å²) in [5.74, 6) is -0.00770. The molecule has 0 fully saturated rings. The van der Waals surface area contributed by atoms with Crippen LogP contribution >= 0.6 is 11.6 Å². The molecule has 6 nitrogen and oxygen atoms in total. The van der Waals surface area contributed by atoms with Gasteiger partial charge in [0, 0.05) is 35.6 Å². The minimum Gasteiger partial charge on any atom is -0.345 e. The first-order valence-electron chi connectivity index (χ1n) is 8.20. The van der Waals surface area contributed by atoms with Crippen molar-refractivity contribution in [1.29, 1.82) is 0 Å². The van der Waals surface area contributed by atoms with Gasteiger partial charge in [0.05, 0.1) is 22.6 Å². The third-order valence-corrected chi connectivity index (χ3v) is 4.79. The molecule has 0 bridgehead atoms. The second-order valence-electron chi connectivity index (χ2n) is 6.11. The van der Waals surface area contributed by atoms with Gasteiger partial charge in [-0.15, -0.1) is 13.2 Å².